The standard InChI is InChI=1S/C18H17ClN4O3S2/c1-3-23-15(11-6-4-5-7-13(11)19)21-22-18(23)28-10-14(24)20-16-12(8-9-27-16)17(25)26-2/h4-9H,3,10H2,1-2H3,(H,20,24). The molecule has 0 fully saturated rings. The van der Waals surface area contributed by atoms with Gasteiger partial charge in [0.1, 0.15) is 5.00 Å². The number of halogens is 1. The van der Waals surface area contributed by atoms with Crippen LogP contribution < -0.4 is 5.32 Å². The third kappa shape index (κ3) is 4.37. The van der Waals surface area contributed by atoms with Gasteiger partial charge in [-0.1, -0.05) is 35.5 Å². The normalized spacial score (nSPS) is 10.7. The van der Waals surface area contributed by atoms with Crippen LogP contribution in [0.15, 0.2) is 40.9 Å². The van der Waals surface area contributed by atoms with Gasteiger partial charge >= 0.3 is 5.97 Å². The Hall–Kier alpha value is -2.36. The maximum absolute atomic E-state index is 12.3. The molecule has 1 N–H and O–H groups in total. The number of nitrogens with zero attached hydrogens (tertiary/aromatic N) is 3. The number of carbonyl (C=O) groups is 2. The van der Waals surface area contributed by atoms with Crippen molar-refractivity contribution in [2.24, 2.45) is 0 Å². The van der Waals surface area contributed by atoms with Gasteiger partial charge in [0.05, 0.1) is 23.4 Å². The number of thiophene rings is 1. The van der Waals surface area contributed by atoms with E-state index < -0.39 is 5.97 Å². The molecule has 0 radical (unpaired) electrons. The van der Waals surface area contributed by atoms with E-state index >= 15 is 0 Å². The van der Waals surface area contributed by atoms with E-state index in [4.69, 9.17) is 16.3 Å². The maximum Gasteiger partial charge on any atom is 0.340 e. The molecular formula is C18H17ClN4O3S2. The molecule has 3 aromatic rings. The average molecular weight is 437 g/mol. The number of hydrogen-bond donors (Lipinski definition) is 1. The zero-order valence-electron chi connectivity index (χ0n) is 15.1. The monoisotopic (exact) mass is 436 g/mol. The van der Waals surface area contributed by atoms with E-state index in [-0.39, 0.29) is 11.7 Å². The molecule has 0 bridgehead atoms. The fourth-order valence-corrected chi connectivity index (χ4v) is 4.31. The van der Waals surface area contributed by atoms with Crippen molar-refractivity contribution in [1.82, 2.24) is 14.8 Å². The molecule has 2 aromatic heterocycles. The Balaban J connectivity index is 1.70. The second-order valence-corrected chi connectivity index (χ2v) is 7.79. The average Bonchev–Trinajstić information content (AvgIpc) is 3.32. The number of anilines is 1. The predicted octanol–water partition coefficient (Wildman–Crippen LogP) is 4.20. The number of esters is 1. The van der Waals surface area contributed by atoms with Crippen LogP contribution in [0.1, 0.15) is 17.3 Å². The summed E-state index contributed by atoms with van der Waals surface area (Å²) in [7, 11) is 1.30. The topological polar surface area (TPSA) is 86.1 Å². The fourth-order valence-electron chi connectivity index (χ4n) is 2.49. The molecule has 0 atom stereocenters. The van der Waals surface area contributed by atoms with Gasteiger partial charge in [-0.3, -0.25) is 4.79 Å². The van der Waals surface area contributed by atoms with E-state index in [1.807, 2.05) is 29.7 Å². The largest absolute Gasteiger partial charge is 0.465 e. The molecular weight excluding hydrogens is 420 g/mol. The number of hydrogen-bond acceptors (Lipinski definition) is 7. The molecule has 0 unspecified atom stereocenters. The minimum atomic E-state index is -0.487. The first-order chi connectivity index (χ1) is 13.5. The van der Waals surface area contributed by atoms with Crippen LogP contribution in [0.3, 0.4) is 0 Å². The number of benzene rings is 1. The summed E-state index contributed by atoms with van der Waals surface area (Å²) in [5, 5.41) is 14.6. The second-order valence-electron chi connectivity index (χ2n) is 5.52. The lowest BCUT2D eigenvalue weighted by molar-refractivity contribution is -0.113. The molecule has 0 spiro atoms. The summed E-state index contributed by atoms with van der Waals surface area (Å²) >= 11 is 8.80. The van der Waals surface area contributed by atoms with Gasteiger partial charge in [0.2, 0.25) is 5.91 Å². The Morgan fingerprint density at radius 3 is 2.79 bits per heavy atom. The van der Waals surface area contributed by atoms with Gasteiger partial charge in [-0.05, 0) is 30.5 Å². The summed E-state index contributed by atoms with van der Waals surface area (Å²) in [4.78, 5) is 24.0. The summed E-state index contributed by atoms with van der Waals surface area (Å²) in [5.41, 5.74) is 1.12. The molecule has 7 nitrogen and oxygen atoms in total. The lowest BCUT2D eigenvalue weighted by Gasteiger charge is -2.08. The third-order valence-electron chi connectivity index (χ3n) is 3.80. The van der Waals surface area contributed by atoms with Crippen molar-refractivity contribution in [2.45, 2.75) is 18.6 Å². The zero-order chi connectivity index (χ0) is 20.1. The molecule has 2 heterocycles. The lowest BCUT2D eigenvalue weighted by Crippen LogP contribution is -2.16. The number of carbonyl (C=O) groups excluding carboxylic acids is 2. The van der Waals surface area contributed by atoms with Crippen molar-refractivity contribution in [2.75, 3.05) is 18.2 Å². The van der Waals surface area contributed by atoms with E-state index in [0.29, 0.717) is 33.1 Å². The summed E-state index contributed by atoms with van der Waals surface area (Å²) in [6.45, 7) is 2.61. The van der Waals surface area contributed by atoms with Gasteiger partial charge < -0.3 is 14.6 Å². The highest BCUT2D eigenvalue weighted by Crippen LogP contribution is 2.29. The molecule has 146 valence electrons. The molecule has 10 heteroatoms. The van der Waals surface area contributed by atoms with Gasteiger partial charge in [-0.25, -0.2) is 4.79 Å². The van der Waals surface area contributed by atoms with Crippen LogP contribution in [0.25, 0.3) is 11.4 Å². The van der Waals surface area contributed by atoms with Gasteiger partial charge in [-0.2, -0.15) is 0 Å². The van der Waals surface area contributed by atoms with Crippen LogP contribution >= 0.6 is 34.7 Å². The van der Waals surface area contributed by atoms with Gasteiger partial charge in [0.25, 0.3) is 0 Å². The van der Waals surface area contributed by atoms with E-state index in [1.165, 1.54) is 30.2 Å². The first kappa shape index (κ1) is 20.4. The first-order valence-corrected chi connectivity index (χ1v) is 10.6. The van der Waals surface area contributed by atoms with Gasteiger partial charge in [0, 0.05) is 12.1 Å². The van der Waals surface area contributed by atoms with Crippen LogP contribution in [0, 0.1) is 0 Å². The number of ether oxygens (including phenoxy) is 1. The Morgan fingerprint density at radius 1 is 1.29 bits per heavy atom. The van der Waals surface area contributed by atoms with E-state index in [2.05, 4.69) is 15.5 Å². The van der Waals surface area contributed by atoms with Crippen LogP contribution in [-0.2, 0) is 16.1 Å². The quantitative estimate of drug-likeness (QED) is 0.441. The Kier molecular flexibility index (Phi) is 6.71. The van der Waals surface area contributed by atoms with Gasteiger partial charge in [0.15, 0.2) is 11.0 Å². The third-order valence-corrected chi connectivity index (χ3v) is 5.93. The summed E-state index contributed by atoms with van der Waals surface area (Å²) in [6, 6.07) is 9.03. The summed E-state index contributed by atoms with van der Waals surface area (Å²) in [5.74, 6) is 0.0446. The van der Waals surface area contributed by atoms with Crippen molar-refractivity contribution in [1.29, 1.82) is 0 Å². The molecule has 1 aromatic carbocycles. The SMILES string of the molecule is CCn1c(SCC(=O)Nc2sccc2C(=O)OC)nnc1-c1ccccc1Cl. The van der Waals surface area contributed by atoms with Crippen molar-refractivity contribution in [3.8, 4) is 11.4 Å². The number of nitrogens with one attached hydrogen (secondary N) is 1. The molecule has 0 saturated carbocycles. The maximum atomic E-state index is 12.3. The highest BCUT2D eigenvalue weighted by atomic mass is 35.5. The number of amides is 1. The smallest absolute Gasteiger partial charge is 0.340 e. The molecule has 0 saturated heterocycles. The molecule has 0 aliphatic heterocycles. The Bertz CT molecular complexity index is 1000. The fraction of sp³-hybridized carbons (Fsp3) is 0.222. The Morgan fingerprint density at radius 2 is 2.07 bits per heavy atom. The molecule has 0 aliphatic carbocycles. The highest BCUT2D eigenvalue weighted by Gasteiger charge is 2.18. The number of aromatic nitrogens is 3. The molecule has 1 amide bonds. The minimum absolute atomic E-state index is 0.124. The molecule has 28 heavy (non-hydrogen) atoms. The first-order valence-electron chi connectivity index (χ1n) is 8.31. The van der Waals surface area contributed by atoms with Crippen molar-refractivity contribution >= 4 is 51.6 Å². The van der Waals surface area contributed by atoms with Crippen LogP contribution in [-0.4, -0.2) is 39.5 Å². The number of thioether (sulfide) groups is 1. The number of rotatable bonds is 7. The molecule has 3 rings (SSSR count). The van der Waals surface area contributed by atoms with Crippen LogP contribution in [0.5, 0.6) is 0 Å². The van der Waals surface area contributed by atoms with E-state index in [9.17, 15) is 9.59 Å². The highest BCUT2D eigenvalue weighted by molar-refractivity contribution is 7.99. The van der Waals surface area contributed by atoms with E-state index in [0.717, 1.165) is 5.56 Å². The Labute approximate surface area is 175 Å². The summed E-state index contributed by atoms with van der Waals surface area (Å²) in [6.07, 6.45) is 0. The van der Waals surface area contributed by atoms with Crippen LogP contribution in [0.2, 0.25) is 5.02 Å². The van der Waals surface area contributed by atoms with Crippen molar-refractivity contribution < 1.29 is 14.3 Å². The van der Waals surface area contributed by atoms with Crippen molar-refractivity contribution in [3.05, 3.63) is 46.3 Å². The summed E-state index contributed by atoms with van der Waals surface area (Å²) < 4.78 is 6.62. The minimum Gasteiger partial charge on any atom is -0.465 e. The predicted molar refractivity (Wildman–Crippen MR) is 111 cm³/mol. The van der Waals surface area contributed by atoms with Crippen LogP contribution in [0.4, 0.5) is 5.00 Å². The van der Waals surface area contributed by atoms with Gasteiger partial charge in [-0.15, -0.1) is 21.5 Å². The van der Waals surface area contributed by atoms with Crippen molar-refractivity contribution in [3.63, 3.8) is 0 Å². The zero-order valence-corrected chi connectivity index (χ0v) is 17.5. The molecule has 0 aliphatic rings. The van der Waals surface area contributed by atoms with E-state index in [1.54, 1.807) is 17.5 Å². The second kappa shape index (κ2) is 9.22. The number of methoxy groups -OCH3 is 1. The lowest BCUT2D eigenvalue weighted by atomic mass is 10.2.